The van der Waals surface area contributed by atoms with Crippen LogP contribution in [-0.2, 0) is 4.79 Å². The van der Waals surface area contributed by atoms with Crippen LogP contribution in [0.15, 0.2) is 30.3 Å². The van der Waals surface area contributed by atoms with Gasteiger partial charge in [0.1, 0.15) is 5.82 Å². The van der Waals surface area contributed by atoms with E-state index in [4.69, 9.17) is 4.98 Å². The topological polar surface area (TPSA) is 70.2 Å². The van der Waals surface area contributed by atoms with Crippen molar-refractivity contribution < 1.29 is 4.79 Å². The molecule has 0 spiro atoms. The van der Waals surface area contributed by atoms with E-state index < -0.39 is 0 Å². The van der Waals surface area contributed by atoms with Gasteiger partial charge in [-0.25, -0.2) is 4.98 Å². The normalized spacial score (nSPS) is 17.2. The van der Waals surface area contributed by atoms with Crippen molar-refractivity contribution in [2.75, 3.05) is 28.6 Å². The van der Waals surface area contributed by atoms with Crippen molar-refractivity contribution >= 4 is 29.0 Å². The summed E-state index contributed by atoms with van der Waals surface area (Å²) in [5, 5.41) is 6.40. The van der Waals surface area contributed by atoms with Crippen molar-refractivity contribution in [3.8, 4) is 0 Å². The number of hydrogen-bond donors (Lipinski definition) is 2. The summed E-state index contributed by atoms with van der Waals surface area (Å²) >= 11 is 0. The number of piperidine rings is 1. The summed E-state index contributed by atoms with van der Waals surface area (Å²) < 4.78 is 0. The quantitative estimate of drug-likeness (QED) is 0.641. The molecule has 6 nitrogen and oxygen atoms in total. The highest BCUT2D eigenvalue weighted by molar-refractivity contribution is 5.90. The van der Waals surface area contributed by atoms with E-state index in [-0.39, 0.29) is 5.91 Å². The number of hydrogen-bond acceptors (Lipinski definition) is 5. The number of nitrogens with one attached hydrogen (secondary N) is 2. The highest BCUT2D eigenvalue weighted by Gasteiger charge is 2.16. The van der Waals surface area contributed by atoms with Gasteiger partial charge in [0.05, 0.1) is 0 Å². The third-order valence-corrected chi connectivity index (χ3v) is 6.18. The highest BCUT2D eigenvalue weighted by atomic mass is 16.1. The lowest BCUT2D eigenvalue weighted by Gasteiger charge is -2.27. The molecule has 1 aliphatic carbocycles. The summed E-state index contributed by atoms with van der Waals surface area (Å²) in [5.41, 5.74) is 2.74. The highest BCUT2D eigenvalue weighted by Crippen LogP contribution is 2.28. The van der Waals surface area contributed by atoms with Gasteiger partial charge in [-0.05, 0) is 62.8 Å². The summed E-state index contributed by atoms with van der Waals surface area (Å²) in [5.74, 6) is 2.47. The average Bonchev–Trinajstić information content (AvgIpc) is 3.28. The number of rotatable bonds is 7. The Hall–Kier alpha value is -2.63. The monoisotopic (exact) mass is 407 g/mol. The first-order valence-electron chi connectivity index (χ1n) is 11.4. The molecule has 2 N–H and O–H groups in total. The van der Waals surface area contributed by atoms with E-state index in [9.17, 15) is 4.79 Å². The Morgan fingerprint density at radius 3 is 2.43 bits per heavy atom. The van der Waals surface area contributed by atoms with Gasteiger partial charge in [0.15, 0.2) is 0 Å². The van der Waals surface area contributed by atoms with Crippen LogP contribution in [-0.4, -0.2) is 29.0 Å². The van der Waals surface area contributed by atoms with Gasteiger partial charge in [-0.3, -0.25) is 4.79 Å². The molecule has 0 atom stereocenters. The van der Waals surface area contributed by atoms with Crippen molar-refractivity contribution in [1.82, 2.24) is 9.97 Å². The van der Waals surface area contributed by atoms with Crippen LogP contribution in [0.4, 0.5) is 23.1 Å². The molecule has 1 aromatic carbocycles. The first-order chi connectivity index (χ1) is 14.7. The van der Waals surface area contributed by atoms with E-state index in [0.717, 1.165) is 54.3 Å². The third kappa shape index (κ3) is 5.71. The summed E-state index contributed by atoms with van der Waals surface area (Å²) in [6.07, 6.45) is 10.5. The Labute approximate surface area is 179 Å². The molecule has 1 saturated heterocycles. The van der Waals surface area contributed by atoms with Gasteiger partial charge < -0.3 is 15.5 Å². The number of aryl methyl sites for hydroxylation is 1. The van der Waals surface area contributed by atoms with Crippen LogP contribution < -0.4 is 15.5 Å². The number of aromatic nitrogens is 2. The Balaban J connectivity index is 1.32. The maximum atomic E-state index is 12.2. The lowest BCUT2D eigenvalue weighted by molar-refractivity contribution is -0.116. The maximum absolute atomic E-state index is 12.2. The molecular formula is C24H33N5O. The molecule has 160 valence electrons. The van der Waals surface area contributed by atoms with Gasteiger partial charge in [0, 0.05) is 42.6 Å². The number of anilines is 4. The van der Waals surface area contributed by atoms with Gasteiger partial charge in [-0.1, -0.05) is 25.7 Å². The van der Waals surface area contributed by atoms with Gasteiger partial charge in [0.25, 0.3) is 0 Å². The summed E-state index contributed by atoms with van der Waals surface area (Å²) in [6.45, 7) is 4.06. The van der Waals surface area contributed by atoms with E-state index >= 15 is 0 Å². The number of amides is 1. The minimum Gasteiger partial charge on any atom is -0.341 e. The molecule has 4 rings (SSSR count). The fourth-order valence-electron chi connectivity index (χ4n) is 4.49. The van der Waals surface area contributed by atoms with Crippen LogP contribution in [0.1, 0.15) is 63.5 Å². The van der Waals surface area contributed by atoms with Crippen LogP contribution >= 0.6 is 0 Å². The zero-order chi connectivity index (χ0) is 20.8. The zero-order valence-corrected chi connectivity index (χ0v) is 18.0. The standard InChI is InChI=1S/C24H33N5O/c1-18-17-22(28-24(25-18)29-15-5-2-6-16-29)26-20-10-12-21(13-11-20)27-23(30)14-9-19-7-3-4-8-19/h10-13,17,19H,2-9,14-16H2,1H3,(H,27,30)(H,25,26,28). The van der Waals surface area contributed by atoms with Crippen LogP contribution in [0.25, 0.3) is 0 Å². The molecule has 1 aromatic heterocycles. The lowest BCUT2D eigenvalue weighted by atomic mass is 10.0. The first kappa shape index (κ1) is 20.6. The molecule has 2 fully saturated rings. The van der Waals surface area contributed by atoms with E-state index in [1.54, 1.807) is 0 Å². The van der Waals surface area contributed by atoms with Crippen LogP contribution in [0.2, 0.25) is 0 Å². The van der Waals surface area contributed by atoms with E-state index in [1.807, 2.05) is 37.3 Å². The molecule has 2 heterocycles. The Morgan fingerprint density at radius 2 is 1.70 bits per heavy atom. The molecule has 0 radical (unpaired) electrons. The number of carbonyl (C=O) groups excluding carboxylic acids is 1. The fourth-order valence-corrected chi connectivity index (χ4v) is 4.49. The minimum absolute atomic E-state index is 0.111. The second-order valence-electron chi connectivity index (χ2n) is 8.68. The molecule has 6 heteroatoms. The van der Waals surface area contributed by atoms with E-state index in [2.05, 4.69) is 20.5 Å². The largest absolute Gasteiger partial charge is 0.341 e. The minimum atomic E-state index is 0.111. The molecule has 1 aliphatic heterocycles. The summed E-state index contributed by atoms with van der Waals surface area (Å²) in [4.78, 5) is 23.8. The Bertz CT molecular complexity index is 839. The molecule has 2 aromatic rings. The van der Waals surface area contributed by atoms with Crippen molar-refractivity contribution in [1.29, 1.82) is 0 Å². The zero-order valence-electron chi connectivity index (χ0n) is 18.0. The van der Waals surface area contributed by atoms with Gasteiger partial charge in [0.2, 0.25) is 11.9 Å². The molecule has 1 amide bonds. The molecule has 30 heavy (non-hydrogen) atoms. The number of nitrogens with zero attached hydrogens (tertiary/aromatic N) is 3. The van der Waals surface area contributed by atoms with Crippen molar-refractivity contribution in [2.24, 2.45) is 5.92 Å². The Kier molecular flexibility index (Phi) is 6.82. The Morgan fingerprint density at radius 1 is 1.00 bits per heavy atom. The molecule has 2 aliphatic rings. The number of benzene rings is 1. The maximum Gasteiger partial charge on any atom is 0.227 e. The van der Waals surface area contributed by atoms with Gasteiger partial charge >= 0.3 is 0 Å². The summed E-state index contributed by atoms with van der Waals surface area (Å²) in [7, 11) is 0. The fraction of sp³-hybridized carbons (Fsp3) is 0.542. The van der Waals surface area contributed by atoms with Crippen molar-refractivity contribution in [3.05, 3.63) is 36.0 Å². The van der Waals surface area contributed by atoms with Gasteiger partial charge in [-0.15, -0.1) is 0 Å². The van der Waals surface area contributed by atoms with E-state index in [1.165, 1.54) is 44.9 Å². The van der Waals surface area contributed by atoms with E-state index in [0.29, 0.717) is 6.42 Å². The number of carbonyl (C=O) groups is 1. The summed E-state index contributed by atoms with van der Waals surface area (Å²) in [6, 6.07) is 9.80. The second-order valence-corrected chi connectivity index (χ2v) is 8.68. The predicted octanol–water partition coefficient (Wildman–Crippen LogP) is 5.43. The van der Waals surface area contributed by atoms with Crippen LogP contribution in [0, 0.1) is 12.8 Å². The van der Waals surface area contributed by atoms with Crippen molar-refractivity contribution in [3.63, 3.8) is 0 Å². The average molecular weight is 408 g/mol. The van der Waals surface area contributed by atoms with Crippen LogP contribution in [0.3, 0.4) is 0 Å². The lowest BCUT2D eigenvalue weighted by Crippen LogP contribution is -2.31. The first-order valence-corrected chi connectivity index (χ1v) is 11.4. The smallest absolute Gasteiger partial charge is 0.227 e. The molecule has 1 saturated carbocycles. The second kappa shape index (κ2) is 9.92. The van der Waals surface area contributed by atoms with Crippen LogP contribution in [0.5, 0.6) is 0 Å². The molecule has 0 unspecified atom stereocenters. The molecular weight excluding hydrogens is 374 g/mol. The van der Waals surface area contributed by atoms with Crippen molar-refractivity contribution in [2.45, 2.75) is 64.7 Å². The van der Waals surface area contributed by atoms with Gasteiger partial charge in [-0.2, -0.15) is 4.98 Å². The predicted molar refractivity (Wildman–Crippen MR) is 122 cm³/mol. The molecule has 0 bridgehead atoms. The SMILES string of the molecule is Cc1cc(Nc2ccc(NC(=O)CCC3CCCC3)cc2)nc(N2CCCCC2)n1. The third-order valence-electron chi connectivity index (χ3n) is 6.18.